The normalized spacial score (nSPS) is 25.2. The number of phenolic OH excluding ortho intramolecular Hbond substituents is 1. The van der Waals surface area contributed by atoms with E-state index in [1.54, 1.807) is 6.20 Å². The number of carbonyl (C=O) groups is 1. The van der Waals surface area contributed by atoms with Crippen molar-refractivity contribution in [1.29, 1.82) is 0 Å². The number of ketones is 1. The number of hydrogen-bond acceptors (Lipinski definition) is 9. The van der Waals surface area contributed by atoms with E-state index < -0.39 is 37.3 Å². The van der Waals surface area contributed by atoms with Crippen LogP contribution in [0.15, 0.2) is 54.7 Å². The fourth-order valence-corrected chi connectivity index (χ4v) is 3.85. The molecular weight excluding hydrogens is 430 g/mol. The van der Waals surface area contributed by atoms with E-state index >= 15 is 0 Å². The van der Waals surface area contributed by atoms with Crippen molar-refractivity contribution in [3.63, 3.8) is 0 Å². The van der Waals surface area contributed by atoms with Gasteiger partial charge in [-0.1, -0.05) is 18.2 Å². The summed E-state index contributed by atoms with van der Waals surface area (Å²) in [6.45, 7) is -0.613. The molecule has 5 N–H and O–H groups in total. The number of carbonyl (C=O) groups excluding carboxylic acids is 1. The first kappa shape index (κ1) is 23.1. The number of rotatable bonds is 7. The number of aromatic nitrogens is 1. The standard InChI is InChI=1S/C24H25NO8/c26-12-19-21(29)22(30)23(31)24(33-19)32-18-5-1-4-16(27)20(18)17(28)9-7-13-6-8-15-14(11-13)3-2-10-25-15/h1-6,8,10-11,19,21-24,26-27,29-31H,7,9,12H2/t19-,21-,22+,23-,24-/m1/s1. The number of nitrogens with zero attached hydrogens (tertiary/aromatic N) is 1. The van der Waals surface area contributed by atoms with Crippen molar-refractivity contribution in [3.05, 3.63) is 65.9 Å². The van der Waals surface area contributed by atoms with E-state index in [2.05, 4.69) is 4.98 Å². The number of pyridine rings is 1. The van der Waals surface area contributed by atoms with Gasteiger partial charge in [0.15, 0.2) is 5.78 Å². The molecule has 1 saturated heterocycles. The number of phenols is 1. The maximum atomic E-state index is 13.0. The molecule has 9 heteroatoms. The molecule has 0 saturated carbocycles. The molecule has 2 heterocycles. The first-order valence-corrected chi connectivity index (χ1v) is 10.5. The number of hydrogen-bond donors (Lipinski definition) is 5. The highest BCUT2D eigenvalue weighted by molar-refractivity contribution is 6.01. The van der Waals surface area contributed by atoms with Crippen LogP contribution in [0.25, 0.3) is 10.9 Å². The Kier molecular flexibility index (Phi) is 6.87. The third-order valence-corrected chi connectivity index (χ3v) is 5.68. The Hall–Kier alpha value is -3.08. The summed E-state index contributed by atoms with van der Waals surface area (Å²) in [5, 5.41) is 50.8. The second kappa shape index (κ2) is 9.82. The van der Waals surface area contributed by atoms with E-state index in [4.69, 9.17) is 9.47 Å². The van der Waals surface area contributed by atoms with Gasteiger partial charge in [0.25, 0.3) is 0 Å². The molecule has 174 valence electrons. The highest BCUT2D eigenvalue weighted by Crippen LogP contribution is 2.32. The van der Waals surface area contributed by atoms with Gasteiger partial charge in [-0.3, -0.25) is 9.78 Å². The summed E-state index contributed by atoms with van der Waals surface area (Å²) in [7, 11) is 0. The van der Waals surface area contributed by atoms with Crippen molar-refractivity contribution in [1.82, 2.24) is 4.98 Å². The number of aromatic hydroxyl groups is 1. The van der Waals surface area contributed by atoms with Crippen molar-refractivity contribution in [2.75, 3.05) is 6.61 Å². The molecule has 0 bridgehead atoms. The highest BCUT2D eigenvalue weighted by atomic mass is 16.7. The summed E-state index contributed by atoms with van der Waals surface area (Å²) in [4.78, 5) is 17.3. The van der Waals surface area contributed by atoms with Crippen molar-refractivity contribution in [3.8, 4) is 11.5 Å². The fourth-order valence-electron chi connectivity index (χ4n) is 3.85. The molecule has 3 aromatic rings. The number of ether oxygens (including phenoxy) is 2. The van der Waals surface area contributed by atoms with Gasteiger partial charge in [0, 0.05) is 18.0 Å². The average Bonchev–Trinajstić information content (AvgIpc) is 2.82. The van der Waals surface area contributed by atoms with E-state index in [9.17, 15) is 30.3 Å². The summed E-state index contributed by atoms with van der Waals surface area (Å²) >= 11 is 0. The summed E-state index contributed by atoms with van der Waals surface area (Å²) in [6, 6.07) is 13.7. The van der Waals surface area contributed by atoms with Crippen molar-refractivity contribution < 1.29 is 39.8 Å². The molecule has 2 aromatic carbocycles. The topological polar surface area (TPSA) is 150 Å². The minimum atomic E-state index is -1.64. The van der Waals surface area contributed by atoms with Crippen molar-refractivity contribution in [2.24, 2.45) is 0 Å². The Morgan fingerprint density at radius 1 is 1.03 bits per heavy atom. The van der Waals surface area contributed by atoms with Gasteiger partial charge in [0.05, 0.1) is 12.1 Å². The zero-order valence-electron chi connectivity index (χ0n) is 17.6. The first-order chi connectivity index (χ1) is 15.9. The smallest absolute Gasteiger partial charge is 0.229 e. The van der Waals surface area contributed by atoms with Crippen LogP contribution >= 0.6 is 0 Å². The Bertz CT molecular complexity index is 1130. The van der Waals surface area contributed by atoms with Gasteiger partial charge in [-0.15, -0.1) is 0 Å². The number of benzene rings is 2. The fraction of sp³-hybridized carbons (Fsp3) is 0.333. The van der Waals surface area contributed by atoms with Gasteiger partial charge >= 0.3 is 0 Å². The van der Waals surface area contributed by atoms with Gasteiger partial charge in [0.2, 0.25) is 6.29 Å². The number of Topliss-reactive ketones (excluding diaryl/α,β-unsaturated/α-hetero) is 1. The maximum absolute atomic E-state index is 13.0. The van der Waals surface area contributed by atoms with Crippen LogP contribution in [0.5, 0.6) is 11.5 Å². The van der Waals surface area contributed by atoms with Crippen LogP contribution in [-0.2, 0) is 11.2 Å². The SMILES string of the molecule is O=C(CCc1ccc2ncccc2c1)c1c(O)cccc1O[C@@H]1O[C@H](CO)[C@@H](O)[C@H](O)[C@H]1O. The Balaban J connectivity index is 1.51. The zero-order chi connectivity index (χ0) is 23.5. The van der Waals surface area contributed by atoms with E-state index in [0.29, 0.717) is 6.42 Å². The number of aliphatic hydroxyl groups excluding tert-OH is 4. The quantitative estimate of drug-likeness (QED) is 0.328. The number of aryl methyl sites for hydroxylation is 1. The first-order valence-electron chi connectivity index (χ1n) is 10.5. The van der Waals surface area contributed by atoms with Gasteiger partial charge in [-0.05, 0) is 42.3 Å². The zero-order valence-corrected chi connectivity index (χ0v) is 17.6. The largest absolute Gasteiger partial charge is 0.507 e. The van der Waals surface area contributed by atoms with Crippen molar-refractivity contribution >= 4 is 16.7 Å². The maximum Gasteiger partial charge on any atom is 0.229 e. The molecule has 4 rings (SSSR count). The molecule has 1 aliphatic heterocycles. The summed E-state index contributed by atoms with van der Waals surface area (Å²) in [5.74, 6) is -0.740. The lowest BCUT2D eigenvalue weighted by Crippen LogP contribution is -2.60. The van der Waals surface area contributed by atoms with Gasteiger partial charge < -0.3 is 35.0 Å². The average molecular weight is 455 g/mol. The van der Waals surface area contributed by atoms with Crippen LogP contribution in [-0.4, -0.2) is 73.6 Å². The van der Waals surface area contributed by atoms with Crippen molar-refractivity contribution in [2.45, 2.75) is 43.5 Å². The molecule has 0 amide bonds. The third-order valence-electron chi connectivity index (χ3n) is 5.68. The van der Waals surface area contributed by atoms with Crippen LogP contribution in [0.4, 0.5) is 0 Å². The number of fused-ring (bicyclic) bond motifs is 1. The number of aliphatic hydroxyl groups is 4. The molecule has 0 radical (unpaired) electrons. The van der Waals surface area contributed by atoms with E-state index in [-0.39, 0.29) is 29.3 Å². The Labute approximate surface area is 189 Å². The van der Waals surface area contributed by atoms with Crippen LogP contribution < -0.4 is 4.74 Å². The monoisotopic (exact) mass is 455 g/mol. The molecular formula is C24H25NO8. The van der Waals surface area contributed by atoms with E-state index in [1.807, 2.05) is 30.3 Å². The molecule has 0 spiro atoms. The lowest BCUT2D eigenvalue weighted by atomic mass is 9.98. The van der Waals surface area contributed by atoms with Crippen LogP contribution in [0.3, 0.4) is 0 Å². The Morgan fingerprint density at radius 3 is 2.64 bits per heavy atom. The minimum absolute atomic E-state index is 0.0490. The van der Waals surface area contributed by atoms with Crippen LogP contribution in [0.2, 0.25) is 0 Å². The minimum Gasteiger partial charge on any atom is -0.507 e. The second-order valence-electron chi connectivity index (χ2n) is 7.92. The van der Waals surface area contributed by atoms with Crippen LogP contribution in [0.1, 0.15) is 22.3 Å². The predicted molar refractivity (Wildman–Crippen MR) is 117 cm³/mol. The molecule has 0 aliphatic carbocycles. The Morgan fingerprint density at radius 2 is 1.85 bits per heavy atom. The van der Waals surface area contributed by atoms with Crippen LogP contribution in [0, 0.1) is 0 Å². The lowest BCUT2D eigenvalue weighted by Gasteiger charge is -2.39. The molecule has 33 heavy (non-hydrogen) atoms. The summed E-state index contributed by atoms with van der Waals surface area (Å²) in [6.07, 6.45) is -5.23. The van der Waals surface area contributed by atoms with Gasteiger partial charge in [-0.25, -0.2) is 0 Å². The van der Waals surface area contributed by atoms with Gasteiger partial charge in [-0.2, -0.15) is 0 Å². The molecule has 1 aromatic heterocycles. The highest BCUT2D eigenvalue weighted by Gasteiger charge is 2.45. The summed E-state index contributed by atoms with van der Waals surface area (Å²) < 4.78 is 11.0. The predicted octanol–water partition coefficient (Wildman–Crippen LogP) is 0.935. The molecule has 5 atom stereocenters. The third kappa shape index (κ3) is 4.82. The molecule has 1 aliphatic rings. The summed E-state index contributed by atoms with van der Waals surface area (Å²) in [5.41, 5.74) is 1.69. The molecule has 1 fully saturated rings. The van der Waals surface area contributed by atoms with E-state index in [1.165, 1.54) is 18.2 Å². The molecule has 9 nitrogen and oxygen atoms in total. The second-order valence-corrected chi connectivity index (χ2v) is 7.92. The van der Waals surface area contributed by atoms with Gasteiger partial charge in [0.1, 0.15) is 41.5 Å². The molecule has 0 unspecified atom stereocenters. The lowest BCUT2D eigenvalue weighted by molar-refractivity contribution is -0.277. The van der Waals surface area contributed by atoms with E-state index in [0.717, 1.165) is 16.5 Å².